The molecule has 4 N–H and O–H groups in total. The molecule has 0 aliphatic carbocycles. The summed E-state index contributed by atoms with van der Waals surface area (Å²) in [6.07, 6.45) is 0.285. The van der Waals surface area contributed by atoms with Gasteiger partial charge in [0.1, 0.15) is 6.33 Å². The SMILES string of the molecule is CC(O)C(NC(=O)NCc1nncn1C)C(=O)O. The Kier molecular flexibility index (Phi) is 4.60. The van der Waals surface area contributed by atoms with Crippen LogP contribution in [0.1, 0.15) is 12.7 Å². The number of aliphatic carboxylic acids is 1. The lowest BCUT2D eigenvalue weighted by atomic mass is 10.2. The number of carbonyl (C=O) groups excluding carboxylic acids is 1. The van der Waals surface area contributed by atoms with E-state index in [1.54, 1.807) is 11.6 Å². The minimum Gasteiger partial charge on any atom is -0.480 e. The normalized spacial score (nSPS) is 13.7. The van der Waals surface area contributed by atoms with E-state index in [1.807, 2.05) is 0 Å². The van der Waals surface area contributed by atoms with Crippen molar-refractivity contribution in [2.75, 3.05) is 0 Å². The Morgan fingerprint density at radius 1 is 1.56 bits per heavy atom. The smallest absolute Gasteiger partial charge is 0.328 e. The van der Waals surface area contributed by atoms with Crippen molar-refractivity contribution in [2.24, 2.45) is 7.05 Å². The van der Waals surface area contributed by atoms with E-state index < -0.39 is 24.1 Å². The lowest BCUT2D eigenvalue weighted by Crippen LogP contribution is -2.51. The molecule has 1 rings (SSSR count). The average molecular weight is 257 g/mol. The molecule has 0 bridgehead atoms. The van der Waals surface area contributed by atoms with Crippen molar-refractivity contribution in [3.63, 3.8) is 0 Å². The van der Waals surface area contributed by atoms with Crippen molar-refractivity contribution < 1.29 is 19.8 Å². The highest BCUT2D eigenvalue weighted by atomic mass is 16.4. The average Bonchev–Trinajstić information content (AvgIpc) is 2.68. The monoisotopic (exact) mass is 257 g/mol. The number of rotatable bonds is 5. The van der Waals surface area contributed by atoms with Crippen LogP contribution in [0.2, 0.25) is 0 Å². The third-order valence-corrected chi connectivity index (χ3v) is 2.25. The molecule has 0 aromatic carbocycles. The third kappa shape index (κ3) is 3.70. The molecule has 0 aliphatic rings. The molecule has 1 aromatic heterocycles. The number of hydrogen-bond donors (Lipinski definition) is 4. The van der Waals surface area contributed by atoms with Gasteiger partial charge in [0.25, 0.3) is 0 Å². The minimum absolute atomic E-state index is 0.106. The molecular weight excluding hydrogens is 242 g/mol. The van der Waals surface area contributed by atoms with Crippen molar-refractivity contribution in [1.29, 1.82) is 0 Å². The number of nitrogens with zero attached hydrogens (tertiary/aromatic N) is 3. The number of carboxylic acids is 1. The number of carbonyl (C=O) groups is 2. The Balaban J connectivity index is 2.46. The lowest BCUT2D eigenvalue weighted by Gasteiger charge is -2.17. The third-order valence-electron chi connectivity index (χ3n) is 2.25. The second-order valence-corrected chi connectivity index (χ2v) is 3.74. The van der Waals surface area contributed by atoms with Crippen LogP contribution >= 0.6 is 0 Å². The molecule has 0 saturated carbocycles. The van der Waals surface area contributed by atoms with E-state index in [0.29, 0.717) is 5.82 Å². The summed E-state index contributed by atoms with van der Waals surface area (Å²) in [6.45, 7) is 1.39. The molecule has 0 aliphatic heterocycles. The second kappa shape index (κ2) is 5.96. The number of carboxylic acid groups (broad SMARTS) is 1. The number of nitrogens with one attached hydrogen (secondary N) is 2. The van der Waals surface area contributed by atoms with Crippen LogP contribution in [-0.4, -0.2) is 49.1 Å². The lowest BCUT2D eigenvalue weighted by molar-refractivity contribution is -0.141. The molecule has 9 nitrogen and oxygen atoms in total. The first kappa shape index (κ1) is 13.9. The van der Waals surface area contributed by atoms with E-state index in [0.717, 1.165) is 0 Å². The Morgan fingerprint density at radius 3 is 2.67 bits per heavy atom. The molecule has 2 unspecified atom stereocenters. The number of aliphatic hydroxyl groups is 1. The molecule has 2 amide bonds. The van der Waals surface area contributed by atoms with Crippen LogP contribution < -0.4 is 10.6 Å². The first-order valence-corrected chi connectivity index (χ1v) is 5.20. The highest BCUT2D eigenvalue weighted by Gasteiger charge is 2.24. The summed E-state index contributed by atoms with van der Waals surface area (Å²) in [6, 6.07) is -2.06. The van der Waals surface area contributed by atoms with Crippen LogP contribution in [0.4, 0.5) is 4.79 Å². The van der Waals surface area contributed by atoms with E-state index >= 15 is 0 Å². The second-order valence-electron chi connectivity index (χ2n) is 3.74. The largest absolute Gasteiger partial charge is 0.480 e. The van der Waals surface area contributed by atoms with Gasteiger partial charge in [-0.25, -0.2) is 9.59 Å². The van der Waals surface area contributed by atoms with Crippen molar-refractivity contribution in [1.82, 2.24) is 25.4 Å². The minimum atomic E-state index is -1.36. The van der Waals surface area contributed by atoms with Gasteiger partial charge >= 0.3 is 12.0 Å². The topological polar surface area (TPSA) is 129 Å². The van der Waals surface area contributed by atoms with Crippen LogP contribution in [0.5, 0.6) is 0 Å². The zero-order chi connectivity index (χ0) is 13.7. The highest BCUT2D eigenvalue weighted by molar-refractivity contribution is 5.82. The number of aryl methyl sites for hydroxylation is 1. The summed E-state index contributed by atoms with van der Waals surface area (Å²) in [5, 5.41) is 29.9. The van der Waals surface area contributed by atoms with E-state index in [2.05, 4.69) is 20.8 Å². The zero-order valence-corrected chi connectivity index (χ0v) is 9.99. The number of hydrogen-bond acceptors (Lipinski definition) is 5. The fraction of sp³-hybridized carbons (Fsp3) is 0.556. The summed E-state index contributed by atoms with van der Waals surface area (Å²) in [4.78, 5) is 22.1. The first-order chi connectivity index (χ1) is 8.41. The van der Waals surface area contributed by atoms with Crippen LogP contribution in [0.3, 0.4) is 0 Å². The van der Waals surface area contributed by atoms with Gasteiger partial charge < -0.3 is 25.4 Å². The Hall–Kier alpha value is -2.16. The molecular formula is C9H15N5O4. The van der Waals surface area contributed by atoms with Gasteiger partial charge in [0.2, 0.25) is 0 Å². The number of amides is 2. The van der Waals surface area contributed by atoms with Crippen molar-refractivity contribution >= 4 is 12.0 Å². The predicted octanol–water partition coefficient (Wildman–Crippen LogP) is -1.55. The van der Waals surface area contributed by atoms with Gasteiger partial charge in [0, 0.05) is 7.05 Å². The van der Waals surface area contributed by atoms with Crippen LogP contribution in [-0.2, 0) is 18.4 Å². The van der Waals surface area contributed by atoms with E-state index in [9.17, 15) is 14.7 Å². The van der Waals surface area contributed by atoms with Crippen LogP contribution in [0.25, 0.3) is 0 Å². The molecule has 2 atom stereocenters. The maximum Gasteiger partial charge on any atom is 0.328 e. The highest BCUT2D eigenvalue weighted by Crippen LogP contribution is 1.94. The molecule has 0 spiro atoms. The van der Waals surface area contributed by atoms with E-state index in [-0.39, 0.29) is 6.54 Å². The van der Waals surface area contributed by atoms with Crippen molar-refractivity contribution in [2.45, 2.75) is 25.6 Å². The Morgan fingerprint density at radius 2 is 2.22 bits per heavy atom. The Bertz CT molecular complexity index is 430. The number of aromatic nitrogens is 3. The quantitative estimate of drug-likeness (QED) is 0.505. The van der Waals surface area contributed by atoms with Crippen LogP contribution in [0.15, 0.2) is 6.33 Å². The zero-order valence-electron chi connectivity index (χ0n) is 9.99. The van der Waals surface area contributed by atoms with Crippen molar-refractivity contribution in [3.05, 3.63) is 12.2 Å². The summed E-state index contributed by atoms with van der Waals surface area (Å²) in [5.74, 6) is -0.784. The van der Waals surface area contributed by atoms with Gasteiger partial charge in [-0.05, 0) is 6.92 Å². The molecule has 1 aromatic rings. The number of aliphatic hydroxyl groups excluding tert-OH is 1. The van der Waals surface area contributed by atoms with E-state index in [1.165, 1.54) is 13.3 Å². The van der Waals surface area contributed by atoms with Gasteiger partial charge in [-0.15, -0.1) is 10.2 Å². The maximum absolute atomic E-state index is 11.4. The Labute approximate surface area is 103 Å². The number of urea groups is 1. The molecule has 1 heterocycles. The summed E-state index contributed by atoms with van der Waals surface area (Å²) < 4.78 is 1.61. The summed E-state index contributed by atoms with van der Waals surface area (Å²) >= 11 is 0. The maximum atomic E-state index is 11.4. The standard InChI is InChI=1S/C9H15N5O4/c1-5(15)7(8(16)17)12-9(18)10-3-6-13-11-4-14(6)2/h4-5,7,15H,3H2,1-2H3,(H,16,17)(H2,10,12,18). The molecule has 100 valence electrons. The summed E-state index contributed by atoms with van der Waals surface area (Å²) in [7, 11) is 1.71. The molecule has 9 heteroatoms. The van der Waals surface area contributed by atoms with Gasteiger partial charge in [-0.1, -0.05) is 0 Å². The first-order valence-electron chi connectivity index (χ1n) is 5.20. The van der Waals surface area contributed by atoms with Gasteiger partial charge in [-0.3, -0.25) is 0 Å². The van der Waals surface area contributed by atoms with Gasteiger partial charge in [0.05, 0.1) is 12.6 Å². The fourth-order valence-electron chi connectivity index (χ4n) is 1.21. The van der Waals surface area contributed by atoms with Crippen molar-refractivity contribution in [3.8, 4) is 0 Å². The predicted molar refractivity (Wildman–Crippen MR) is 59.5 cm³/mol. The van der Waals surface area contributed by atoms with E-state index in [4.69, 9.17) is 5.11 Å². The fourth-order valence-corrected chi connectivity index (χ4v) is 1.21. The molecule has 18 heavy (non-hydrogen) atoms. The van der Waals surface area contributed by atoms with Gasteiger partial charge in [0.15, 0.2) is 11.9 Å². The summed E-state index contributed by atoms with van der Waals surface area (Å²) in [5.41, 5.74) is 0. The molecule has 0 saturated heterocycles. The molecule has 0 radical (unpaired) electrons. The van der Waals surface area contributed by atoms with Crippen LogP contribution in [0, 0.1) is 0 Å². The van der Waals surface area contributed by atoms with Gasteiger partial charge in [-0.2, -0.15) is 0 Å². The molecule has 0 fully saturated rings.